The van der Waals surface area contributed by atoms with Crippen molar-refractivity contribution in [3.8, 4) is 5.95 Å². The van der Waals surface area contributed by atoms with E-state index >= 15 is 0 Å². The second-order valence-corrected chi connectivity index (χ2v) is 3.66. The standard InChI is InChI=1S/C11H15N5/c1-8(12-3)10-7-15-16(9(10)2)11-13-5-4-6-14-11/h4-8,12H,1-3H3. The van der Waals surface area contributed by atoms with Crippen LogP contribution in [0.1, 0.15) is 24.2 Å². The molecular formula is C11H15N5. The van der Waals surface area contributed by atoms with Crippen LogP contribution in [0.3, 0.4) is 0 Å². The molecule has 0 aliphatic heterocycles. The van der Waals surface area contributed by atoms with Crippen LogP contribution >= 0.6 is 0 Å². The van der Waals surface area contributed by atoms with E-state index < -0.39 is 0 Å². The zero-order valence-electron chi connectivity index (χ0n) is 9.68. The van der Waals surface area contributed by atoms with Crippen LogP contribution in [0, 0.1) is 6.92 Å². The van der Waals surface area contributed by atoms with Crippen molar-refractivity contribution in [2.24, 2.45) is 0 Å². The third-order valence-corrected chi connectivity index (χ3v) is 2.69. The summed E-state index contributed by atoms with van der Waals surface area (Å²) in [5, 5.41) is 7.50. The Morgan fingerprint density at radius 2 is 2.00 bits per heavy atom. The van der Waals surface area contributed by atoms with Crippen molar-refractivity contribution in [1.82, 2.24) is 25.1 Å². The molecular weight excluding hydrogens is 202 g/mol. The van der Waals surface area contributed by atoms with Crippen molar-refractivity contribution < 1.29 is 0 Å². The lowest BCUT2D eigenvalue weighted by atomic mass is 10.1. The summed E-state index contributed by atoms with van der Waals surface area (Å²) in [6.07, 6.45) is 5.28. The maximum atomic E-state index is 4.31. The summed E-state index contributed by atoms with van der Waals surface area (Å²) in [4.78, 5) is 8.35. The average Bonchev–Trinajstić information content (AvgIpc) is 2.71. The summed E-state index contributed by atoms with van der Waals surface area (Å²) in [6, 6.07) is 2.07. The van der Waals surface area contributed by atoms with Gasteiger partial charge in [-0.05, 0) is 27.0 Å². The second-order valence-electron chi connectivity index (χ2n) is 3.66. The molecule has 5 heteroatoms. The van der Waals surface area contributed by atoms with Gasteiger partial charge in [0.2, 0.25) is 0 Å². The summed E-state index contributed by atoms with van der Waals surface area (Å²) in [6.45, 7) is 4.12. The van der Waals surface area contributed by atoms with E-state index in [1.807, 2.05) is 20.2 Å². The van der Waals surface area contributed by atoms with E-state index in [9.17, 15) is 0 Å². The van der Waals surface area contributed by atoms with E-state index in [4.69, 9.17) is 0 Å². The van der Waals surface area contributed by atoms with Gasteiger partial charge >= 0.3 is 0 Å². The second kappa shape index (κ2) is 4.40. The van der Waals surface area contributed by atoms with Crippen molar-refractivity contribution >= 4 is 0 Å². The van der Waals surface area contributed by atoms with Crippen LogP contribution in [-0.4, -0.2) is 26.8 Å². The lowest BCUT2D eigenvalue weighted by Gasteiger charge is -2.09. The molecule has 0 fully saturated rings. The number of nitrogens with one attached hydrogen (secondary N) is 1. The molecule has 0 aliphatic carbocycles. The number of hydrogen-bond acceptors (Lipinski definition) is 4. The fraction of sp³-hybridized carbons (Fsp3) is 0.364. The Bertz CT molecular complexity index is 462. The Morgan fingerprint density at radius 1 is 1.31 bits per heavy atom. The van der Waals surface area contributed by atoms with Gasteiger partial charge in [-0.15, -0.1) is 0 Å². The molecule has 0 radical (unpaired) electrons. The van der Waals surface area contributed by atoms with E-state index in [1.165, 1.54) is 0 Å². The lowest BCUT2D eigenvalue weighted by Crippen LogP contribution is -2.13. The van der Waals surface area contributed by atoms with Gasteiger partial charge in [0.1, 0.15) is 0 Å². The molecule has 1 atom stereocenters. The molecule has 0 aromatic carbocycles. The Balaban J connectivity index is 2.41. The van der Waals surface area contributed by atoms with Gasteiger partial charge in [-0.25, -0.2) is 14.6 Å². The first-order valence-corrected chi connectivity index (χ1v) is 5.23. The SMILES string of the molecule is CNC(C)c1cnn(-c2ncccn2)c1C. The Hall–Kier alpha value is -1.75. The van der Waals surface area contributed by atoms with Crippen LogP contribution in [0.2, 0.25) is 0 Å². The van der Waals surface area contributed by atoms with Gasteiger partial charge < -0.3 is 5.32 Å². The minimum absolute atomic E-state index is 0.275. The van der Waals surface area contributed by atoms with Gasteiger partial charge in [-0.3, -0.25) is 0 Å². The highest BCUT2D eigenvalue weighted by Gasteiger charge is 2.13. The van der Waals surface area contributed by atoms with Gasteiger partial charge in [0.15, 0.2) is 0 Å². The van der Waals surface area contributed by atoms with E-state index in [2.05, 4.69) is 27.3 Å². The van der Waals surface area contributed by atoms with Crippen molar-refractivity contribution in [3.63, 3.8) is 0 Å². The summed E-state index contributed by atoms with van der Waals surface area (Å²) in [5.41, 5.74) is 2.23. The third kappa shape index (κ3) is 1.81. The summed E-state index contributed by atoms with van der Waals surface area (Å²) in [5.74, 6) is 0.606. The fourth-order valence-electron chi connectivity index (χ4n) is 1.61. The number of hydrogen-bond donors (Lipinski definition) is 1. The first kappa shape index (κ1) is 10.8. The predicted octanol–water partition coefficient (Wildman–Crippen LogP) is 1.25. The van der Waals surface area contributed by atoms with Crippen molar-refractivity contribution in [2.45, 2.75) is 19.9 Å². The van der Waals surface area contributed by atoms with Crippen molar-refractivity contribution in [1.29, 1.82) is 0 Å². The van der Waals surface area contributed by atoms with Crippen LogP contribution in [-0.2, 0) is 0 Å². The molecule has 5 nitrogen and oxygen atoms in total. The highest BCUT2D eigenvalue weighted by atomic mass is 15.3. The molecule has 16 heavy (non-hydrogen) atoms. The number of rotatable bonds is 3. The minimum atomic E-state index is 0.275. The van der Waals surface area contributed by atoms with Crippen LogP contribution in [0.4, 0.5) is 0 Å². The normalized spacial score (nSPS) is 12.7. The van der Waals surface area contributed by atoms with E-state index in [1.54, 1.807) is 23.1 Å². The Morgan fingerprint density at radius 3 is 2.62 bits per heavy atom. The van der Waals surface area contributed by atoms with Crippen molar-refractivity contribution in [3.05, 3.63) is 35.9 Å². The molecule has 0 bridgehead atoms. The highest BCUT2D eigenvalue weighted by Crippen LogP contribution is 2.17. The van der Waals surface area contributed by atoms with Gasteiger partial charge in [0.25, 0.3) is 5.95 Å². The Labute approximate surface area is 94.5 Å². The summed E-state index contributed by atoms with van der Waals surface area (Å²) < 4.78 is 1.75. The van der Waals surface area contributed by atoms with Crippen LogP contribution < -0.4 is 5.32 Å². The lowest BCUT2D eigenvalue weighted by molar-refractivity contribution is 0.646. The smallest absolute Gasteiger partial charge is 0.250 e. The summed E-state index contributed by atoms with van der Waals surface area (Å²) >= 11 is 0. The molecule has 0 aliphatic rings. The maximum Gasteiger partial charge on any atom is 0.250 e. The highest BCUT2D eigenvalue weighted by molar-refractivity contribution is 5.25. The third-order valence-electron chi connectivity index (χ3n) is 2.69. The maximum absolute atomic E-state index is 4.31. The van der Waals surface area contributed by atoms with Crippen molar-refractivity contribution in [2.75, 3.05) is 7.05 Å². The van der Waals surface area contributed by atoms with Gasteiger partial charge in [-0.1, -0.05) is 0 Å². The van der Waals surface area contributed by atoms with E-state index in [0.29, 0.717) is 5.95 Å². The Kier molecular flexibility index (Phi) is 2.96. The first-order valence-electron chi connectivity index (χ1n) is 5.23. The van der Waals surface area contributed by atoms with Gasteiger partial charge in [0, 0.05) is 29.7 Å². The zero-order valence-corrected chi connectivity index (χ0v) is 9.68. The molecule has 0 spiro atoms. The van der Waals surface area contributed by atoms with Crippen LogP contribution in [0.5, 0.6) is 0 Å². The molecule has 0 amide bonds. The van der Waals surface area contributed by atoms with E-state index in [-0.39, 0.29) is 6.04 Å². The minimum Gasteiger partial charge on any atom is -0.313 e. The molecule has 1 N–H and O–H groups in total. The predicted molar refractivity (Wildman–Crippen MR) is 61.4 cm³/mol. The number of nitrogens with zero attached hydrogens (tertiary/aromatic N) is 4. The van der Waals surface area contributed by atoms with Crippen LogP contribution in [0.25, 0.3) is 5.95 Å². The molecule has 1 unspecified atom stereocenters. The molecule has 2 heterocycles. The quantitative estimate of drug-likeness (QED) is 0.840. The summed E-state index contributed by atoms with van der Waals surface area (Å²) in [7, 11) is 1.93. The van der Waals surface area contributed by atoms with Crippen LogP contribution in [0.15, 0.2) is 24.7 Å². The average molecular weight is 217 g/mol. The molecule has 0 saturated carbocycles. The van der Waals surface area contributed by atoms with Gasteiger partial charge in [-0.2, -0.15) is 5.10 Å². The first-order chi connectivity index (χ1) is 7.74. The molecule has 2 rings (SSSR count). The molecule has 2 aromatic heterocycles. The fourth-order valence-corrected chi connectivity index (χ4v) is 1.61. The zero-order chi connectivity index (χ0) is 11.5. The number of aromatic nitrogens is 4. The van der Waals surface area contributed by atoms with E-state index in [0.717, 1.165) is 11.3 Å². The monoisotopic (exact) mass is 217 g/mol. The molecule has 84 valence electrons. The molecule has 0 saturated heterocycles. The topological polar surface area (TPSA) is 55.6 Å². The molecule has 2 aromatic rings. The van der Waals surface area contributed by atoms with Gasteiger partial charge in [0.05, 0.1) is 6.20 Å². The largest absolute Gasteiger partial charge is 0.313 e.